The summed E-state index contributed by atoms with van der Waals surface area (Å²) in [6, 6.07) is 9.71. The summed E-state index contributed by atoms with van der Waals surface area (Å²) in [6.45, 7) is 1.61. The van der Waals surface area contributed by atoms with E-state index in [2.05, 4.69) is 16.9 Å². The van der Waals surface area contributed by atoms with Crippen molar-refractivity contribution in [2.75, 3.05) is 7.05 Å². The third-order valence-electron chi connectivity index (χ3n) is 2.98. The topological polar surface area (TPSA) is 42.2 Å². The molecule has 1 heterocycles. The normalized spacial score (nSPS) is 10.8. The Hall–Kier alpha value is -1.49. The summed E-state index contributed by atoms with van der Waals surface area (Å²) in [5.41, 5.74) is 8.67. The molecule has 0 spiro atoms. The minimum atomic E-state index is 0.364. The van der Waals surface area contributed by atoms with Crippen LogP contribution in [-0.4, -0.2) is 21.9 Å². The summed E-state index contributed by atoms with van der Waals surface area (Å²) in [7, 11) is 2.05. The first-order valence-electron chi connectivity index (χ1n) is 6.22. The highest BCUT2D eigenvalue weighted by Gasteiger charge is 2.07. The average molecular weight is 306 g/mol. The van der Waals surface area contributed by atoms with Gasteiger partial charge in [0.1, 0.15) is 4.99 Å². The van der Waals surface area contributed by atoms with Crippen molar-refractivity contribution in [3.63, 3.8) is 0 Å². The smallest absolute Gasteiger partial charge is 0.104 e. The molecule has 0 amide bonds. The van der Waals surface area contributed by atoms with Gasteiger partial charge in [-0.05, 0) is 36.4 Å². The number of hydrogen-bond acceptors (Lipinski definition) is 3. The molecule has 1 aromatic carbocycles. The Kier molecular flexibility index (Phi) is 5.06. The van der Waals surface area contributed by atoms with E-state index in [0.29, 0.717) is 10.0 Å². The van der Waals surface area contributed by atoms with Crippen molar-refractivity contribution in [3.8, 4) is 0 Å². The molecule has 3 nitrogen and oxygen atoms in total. The average Bonchev–Trinajstić information content (AvgIpc) is 2.42. The molecule has 0 bridgehead atoms. The lowest BCUT2D eigenvalue weighted by molar-refractivity contribution is 0.319. The van der Waals surface area contributed by atoms with E-state index in [-0.39, 0.29) is 0 Å². The van der Waals surface area contributed by atoms with Crippen molar-refractivity contribution < 1.29 is 0 Å². The molecule has 2 rings (SSSR count). The van der Waals surface area contributed by atoms with Gasteiger partial charge in [-0.1, -0.05) is 36.0 Å². The second-order valence-electron chi connectivity index (χ2n) is 4.70. The van der Waals surface area contributed by atoms with Gasteiger partial charge in [0, 0.05) is 36.1 Å². The molecule has 0 aliphatic heterocycles. The number of halogens is 1. The molecule has 0 saturated heterocycles. The van der Waals surface area contributed by atoms with Crippen LogP contribution in [0.2, 0.25) is 5.02 Å². The highest BCUT2D eigenvalue weighted by molar-refractivity contribution is 7.80. The summed E-state index contributed by atoms with van der Waals surface area (Å²) < 4.78 is 0. The van der Waals surface area contributed by atoms with Gasteiger partial charge in [0.2, 0.25) is 0 Å². The van der Waals surface area contributed by atoms with Crippen molar-refractivity contribution >= 4 is 28.8 Å². The fourth-order valence-corrected chi connectivity index (χ4v) is 2.34. The third kappa shape index (κ3) is 4.00. The summed E-state index contributed by atoms with van der Waals surface area (Å²) in [5.74, 6) is 0. The van der Waals surface area contributed by atoms with Crippen LogP contribution < -0.4 is 5.73 Å². The summed E-state index contributed by atoms with van der Waals surface area (Å²) in [6.07, 6.45) is 3.60. The standard InChI is InChI=1S/C15H16ClN3S/c1-19(9-11-4-6-18-7-5-11)10-13-3-2-12(15(17)20)8-14(13)16/h2-8H,9-10H2,1H3,(H2,17,20). The second-order valence-corrected chi connectivity index (χ2v) is 5.55. The molecule has 1 aromatic heterocycles. The highest BCUT2D eigenvalue weighted by atomic mass is 35.5. The Morgan fingerprint density at radius 2 is 1.95 bits per heavy atom. The van der Waals surface area contributed by atoms with Crippen molar-refractivity contribution in [2.24, 2.45) is 5.73 Å². The first-order valence-corrected chi connectivity index (χ1v) is 7.00. The summed E-state index contributed by atoms with van der Waals surface area (Å²) in [5, 5.41) is 0.692. The van der Waals surface area contributed by atoms with Gasteiger partial charge >= 0.3 is 0 Å². The largest absolute Gasteiger partial charge is 0.389 e. The summed E-state index contributed by atoms with van der Waals surface area (Å²) >= 11 is 11.2. The van der Waals surface area contributed by atoms with E-state index in [4.69, 9.17) is 29.6 Å². The number of nitrogens with zero attached hydrogens (tertiary/aromatic N) is 2. The van der Waals surface area contributed by atoms with Crippen LogP contribution >= 0.6 is 23.8 Å². The molecule has 20 heavy (non-hydrogen) atoms. The van der Waals surface area contributed by atoms with Gasteiger partial charge in [-0.2, -0.15) is 0 Å². The Labute approximate surface area is 129 Å². The van der Waals surface area contributed by atoms with Gasteiger partial charge in [-0.25, -0.2) is 0 Å². The van der Waals surface area contributed by atoms with E-state index < -0.39 is 0 Å². The van der Waals surface area contributed by atoms with E-state index in [1.54, 1.807) is 12.4 Å². The van der Waals surface area contributed by atoms with Gasteiger partial charge in [0.05, 0.1) is 0 Å². The third-order valence-corrected chi connectivity index (χ3v) is 3.57. The molecular weight excluding hydrogens is 290 g/mol. The van der Waals surface area contributed by atoms with Crippen LogP contribution in [0.3, 0.4) is 0 Å². The molecular formula is C15H16ClN3S. The van der Waals surface area contributed by atoms with Crippen LogP contribution in [0.25, 0.3) is 0 Å². The first-order chi connectivity index (χ1) is 9.56. The SMILES string of the molecule is CN(Cc1ccncc1)Cc1ccc(C(N)=S)cc1Cl. The quantitative estimate of drug-likeness (QED) is 0.862. The minimum Gasteiger partial charge on any atom is -0.389 e. The molecule has 0 saturated carbocycles. The van der Waals surface area contributed by atoms with E-state index in [1.807, 2.05) is 30.3 Å². The number of thiocarbonyl (C=S) groups is 1. The maximum atomic E-state index is 6.27. The Morgan fingerprint density at radius 1 is 1.25 bits per heavy atom. The van der Waals surface area contributed by atoms with Gasteiger partial charge in [0.25, 0.3) is 0 Å². The van der Waals surface area contributed by atoms with E-state index in [9.17, 15) is 0 Å². The highest BCUT2D eigenvalue weighted by Crippen LogP contribution is 2.20. The van der Waals surface area contributed by atoms with Gasteiger partial charge in [-0.3, -0.25) is 9.88 Å². The molecule has 5 heteroatoms. The molecule has 0 fully saturated rings. The second kappa shape index (κ2) is 6.79. The Morgan fingerprint density at radius 3 is 2.55 bits per heavy atom. The number of hydrogen-bond donors (Lipinski definition) is 1. The lowest BCUT2D eigenvalue weighted by atomic mass is 10.1. The van der Waals surface area contributed by atoms with Crippen molar-refractivity contribution in [1.29, 1.82) is 0 Å². The van der Waals surface area contributed by atoms with Crippen molar-refractivity contribution in [3.05, 3.63) is 64.4 Å². The van der Waals surface area contributed by atoms with Crippen LogP contribution in [-0.2, 0) is 13.1 Å². The minimum absolute atomic E-state index is 0.364. The van der Waals surface area contributed by atoms with E-state index in [1.165, 1.54) is 5.56 Å². The molecule has 2 N–H and O–H groups in total. The predicted molar refractivity (Wildman–Crippen MR) is 86.7 cm³/mol. The zero-order chi connectivity index (χ0) is 14.5. The molecule has 0 atom stereocenters. The first kappa shape index (κ1) is 14.9. The van der Waals surface area contributed by atoms with Gasteiger partial charge in [0.15, 0.2) is 0 Å². The fraction of sp³-hybridized carbons (Fsp3) is 0.200. The number of aromatic nitrogens is 1. The Balaban J connectivity index is 2.04. The number of benzene rings is 1. The van der Waals surface area contributed by atoms with E-state index in [0.717, 1.165) is 24.2 Å². The van der Waals surface area contributed by atoms with Crippen LogP contribution in [0.5, 0.6) is 0 Å². The number of rotatable bonds is 5. The van der Waals surface area contributed by atoms with Crippen LogP contribution in [0.4, 0.5) is 0 Å². The van der Waals surface area contributed by atoms with Crippen molar-refractivity contribution in [2.45, 2.75) is 13.1 Å². The van der Waals surface area contributed by atoms with E-state index >= 15 is 0 Å². The lowest BCUT2D eigenvalue weighted by Crippen LogP contribution is -2.18. The van der Waals surface area contributed by atoms with Crippen LogP contribution in [0.15, 0.2) is 42.7 Å². The fourth-order valence-electron chi connectivity index (χ4n) is 1.98. The van der Waals surface area contributed by atoms with Gasteiger partial charge in [-0.15, -0.1) is 0 Å². The molecule has 2 aromatic rings. The maximum absolute atomic E-state index is 6.27. The predicted octanol–water partition coefficient (Wildman–Crippen LogP) is 3.00. The van der Waals surface area contributed by atoms with Gasteiger partial charge < -0.3 is 5.73 Å². The maximum Gasteiger partial charge on any atom is 0.104 e. The number of nitrogens with two attached hydrogens (primary N) is 1. The zero-order valence-electron chi connectivity index (χ0n) is 11.2. The zero-order valence-corrected chi connectivity index (χ0v) is 12.8. The molecule has 0 aliphatic carbocycles. The molecule has 0 radical (unpaired) electrons. The molecule has 0 aliphatic rings. The molecule has 0 unspecified atom stereocenters. The van der Waals surface area contributed by atoms with Crippen LogP contribution in [0, 0.1) is 0 Å². The Bertz CT molecular complexity index is 601. The summed E-state index contributed by atoms with van der Waals surface area (Å²) in [4.78, 5) is 6.57. The number of pyridine rings is 1. The van der Waals surface area contributed by atoms with Crippen LogP contribution in [0.1, 0.15) is 16.7 Å². The lowest BCUT2D eigenvalue weighted by Gasteiger charge is -2.18. The monoisotopic (exact) mass is 305 g/mol. The molecule has 104 valence electrons. The van der Waals surface area contributed by atoms with Crippen molar-refractivity contribution in [1.82, 2.24) is 9.88 Å².